The average molecular weight is 349 g/mol. The minimum absolute atomic E-state index is 0.00447. The third-order valence-corrected chi connectivity index (χ3v) is 5.43. The zero-order valence-electron chi connectivity index (χ0n) is 15.0. The summed E-state index contributed by atoms with van der Waals surface area (Å²) in [7, 11) is 0. The van der Waals surface area contributed by atoms with Crippen LogP contribution in [-0.4, -0.2) is 41.3 Å². The zero-order chi connectivity index (χ0) is 18.1. The highest BCUT2D eigenvalue weighted by Gasteiger charge is 2.27. The summed E-state index contributed by atoms with van der Waals surface area (Å²) in [6.45, 7) is 4.44. The van der Waals surface area contributed by atoms with E-state index in [0.717, 1.165) is 38.0 Å². The Morgan fingerprint density at radius 1 is 1.04 bits per heavy atom. The van der Waals surface area contributed by atoms with Crippen LogP contribution >= 0.6 is 0 Å². The Bertz CT molecular complexity index is 841. The Balaban J connectivity index is 1.54. The molecule has 1 fully saturated rings. The van der Waals surface area contributed by atoms with Gasteiger partial charge >= 0.3 is 0 Å². The standard InChI is InChI=1S/C21H23N3O2/c1-15-7-11-23(12-8-15)20(25)17-6-10-22-18(14-17)21(26)24-13-9-16-4-2-3-5-19(16)24/h2-6,10,14-15H,7-9,11-13H2,1H3. The first kappa shape index (κ1) is 16.8. The number of hydrogen-bond acceptors (Lipinski definition) is 3. The maximum atomic E-state index is 12.9. The molecular weight excluding hydrogens is 326 g/mol. The first-order valence-electron chi connectivity index (χ1n) is 9.28. The minimum Gasteiger partial charge on any atom is -0.339 e. The number of benzene rings is 1. The summed E-state index contributed by atoms with van der Waals surface area (Å²) in [4.78, 5) is 33.6. The Hall–Kier alpha value is -2.69. The van der Waals surface area contributed by atoms with E-state index in [1.807, 2.05) is 29.2 Å². The van der Waals surface area contributed by atoms with E-state index in [4.69, 9.17) is 0 Å². The predicted molar refractivity (Wildman–Crippen MR) is 100 cm³/mol. The second-order valence-electron chi connectivity index (χ2n) is 7.24. The first-order valence-corrected chi connectivity index (χ1v) is 9.28. The molecule has 2 aliphatic rings. The number of piperidine rings is 1. The van der Waals surface area contributed by atoms with Crippen molar-refractivity contribution in [3.8, 4) is 0 Å². The van der Waals surface area contributed by atoms with Gasteiger partial charge in [0, 0.05) is 37.1 Å². The van der Waals surface area contributed by atoms with Gasteiger partial charge in [-0.25, -0.2) is 0 Å². The lowest BCUT2D eigenvalue weighted by Gasteiger charge is -2.30. The van der Waals surface area contributed by atoms with Crippen LogP contribution in [0, 0.1) is 5.92 Å². The van der Waals surface area contributed by atoms with Crippen molar-refractivity contribution >= 4 is 17.5 Å². The molecule has 0 radical (unpaired) electrons. The van der Waals surface area contributed by atoms with Gasteiger partial charge in [0.15, 0.2) is 0 Å². The molecule has 4 rings (SSSR count). The van der Waals surface area contributed by atoms with Crippen molar-refractivity contribution < 1.29 is 9.59 Å². The van der Waals surface area contributed by atoms with E-state index in [1.165, 1.54) is 5.56 Å². The van der Waals surface area contributed by atoms with Crippen molar-refractivity contribution in [2.75, 3.05) is 24.5 Å². The number of carbonyl (C=O) groups is 2. The number of likely N-dealkylation sites (tertiary alicyclic amines) is 1. The third-order valence-electron chi connectivity index (χ3n) is 5.43. The smallest absolute Gasteiger partial charge is 0.276 e. The molecule has 0 atom stereocenters. The lowest BCUT2D eigenvalue weighted by atomic mass is 9.98. The number of fused-ring (bicyclic) bond motifs is 1. The number of anilines is 1. The van der Waals surface area contributed by atoms with E-state index in [1.54, 1.807) is 23.2 Å². The van der Waals surface area contributed by atoms with E-state index >= 15 is 0 Å². The fourth-order valence-electron chi connectivity index (χ4n) is 3.76. The summed E-state index contributed by atoms with van der Waals surface area (Å²) < 4.78 is 0. The van der Waals surface area contributed by atoms with Gasteiger partial charge in [-0.3, -0.25) is 14.6 Å². The molecule has 2 aromatic rings. The number of aromatic nitrogens is 1. The second-order valence-corrected chi connectivity index (χ2v) is 7.24. The Morgan fingerprint density at radius 2 is 1.81 bits per heavy atom. The molecule has 0 bridgehead atoms. The van der Waals surface area contributed by atoms with Crippen molar-refractivity contribution in [2.24, 2.45) is 5.92 Å². The molecule has 0 spiro atoms. The van der Waals surface area contributed by atoms with Gasteiger partial charge in [-0.15, -0.1) is 0 Å². The van der Waals surface area contributed by atoms with Gasteiger partial charge in [-0.1, -0.05) is 25.1 Å². The van der Waals surface area contributed by atoms with E-state index in [2.05, 4.69) is 11.9 Å². The first-order chi connectivity index (χ1) is 12.6. The lowest BCUT2D eigenvalue weighted by molar-refractivity contribution is 0.0697. The van der Waals surface area contributed by atoms with Crippen molar-refractivity contribution in [2.45, 2.75) is 26.2 Å². The SMILES string of the molecule is CC1CCN(C(=O)c2ccnc(C(=O)N3CCc4ccccc43)c2)CC1. The molecule has 0 saturated carbocycles. The maximum absolute atomic E-state index is 12.9. The van der Waals surface area contributed by atoms with E-state index in [0.29, 0.717) is 23.7 Å². The lowest BCUT2D eigenvalue weighted by Crippen LogP contribution is -2.38. The number of para-hydroxylation sites is 1. The van der Waals surface area contributed by atoms with Gasteiger partial charge in [0.1, 0.15) is 5.69 Å². The van der Waals surface area contributed by atoms with Crippen LogP contribution in [0.25, 0.3) is 0 Å². The number of hydrogen-bond donors (Lipinski definition) is 0. The summed E-state index contributed by atoms with van der Waals surface area (Å²) in [5.41, 5.74) is 3.00. The Kier molecular flexibility index (Phi) is 4.45. The summed E-state index contributed by atoms with van der Waals surface area (Å²) in [6.07, 6.45) is 4.49. The fraction of sp³-hybridized carbons (Fsp3) is 0.381. The predicted octanol–water partition coefficient (Wildman–Crippen LogP) is 3.16. The highest BCUT2D eigenvalue weighted by molar-refractivity contribution is 6.07. The Labute approximate surface area is 153 Å². The molecule has 0 N–H and O–H groups in total. The monoisotopic (exact) mass is 349 g/mol. The maximum Gasteiger partial charge on any atom is 0.276 e. The number of carbonyl (C=O) groups excluding carboxylic acids is 2. The quantitative estimate of drug-likeness (QED) is 0.837. The normalized spacial score (nSPS) is 17.3. The molecule has 1 aromatic heterocycles. The summed E-state index contributed by atoms with van der Waals surface area (Å²) in [5, 5.41) is 0. The third kappa shape index (κ3) is 3.09. The molecule has 2 aliphatic heterocycles. The molecule has 5 heteroatoms. The summed E-state index contributed by atoms with van der Waals surface area (Å²) in [5.74, 6) is 0.524. The Morgan fingerprint density at radius 3 is 2.62 bits per heavy atom. The number of rotatable bonds is 2. The molecule has 2 amide bonds. The number of amides is 2. The zero-order valence-corrected chi connectivity index (χ0v) is 15.0. The molecule has 1 saturated heterocycles. The van der Waals surface area contributed by atoms with Gasteiger partial charge in [-0.2, -0.15) is 0 Å². The molecule has 3 heterocycles. The van der Waals surface area contributed by atoms with E-state index in [9.17, 15) is 9.59 Å². The average Bonchev–Trinajstić information content (AvgIpc) is 3.12. The van der Waals surface area contributed by atoms with E-state index in [-0.39, 0.29) is 11.8 Å². The fourth-order valence-corrected chi connectivity index (χ4v) is 3.76. The highest BCUT2D eigenvalue weighted by Crippen LogP contribution is 2.28. The largest absolute Gasteiger partial charge is 0.339 e. The molecule has 1 aromatic carbocycles. The van der Waals surface area contributed by atoms with Crippen LogP contribution in [0.3, 0.4) is 0 Å². The van der Waals surface area contributed by atoms with Crippen molar-refractivity contribution in [3.63, 3.8) is 0 Å². The van der Waals surface area contributed by atoms with Crippen LogP contribution in [0.1, 0.15) is 46.2 Å². The van der Waals surface area contributed by atoms with Gasteiger partial charge < -0.3 is 9.80 Å². The van der Waals surface area contributed by atoms with Crippen LogP contribution in [0.15, 0.2) is 42.6 Å². The molecular formula is C21H23N3O2. The molecule has 5 nitrogen and oxygen atoms in total. The van der Waals surface area contributed by atoms with E-state index < -0.39 is 0 Å². The molecule has 134 valence electrons. The topological polar surface area (TPSA) is 53.5 Å². The number of nitrogens with zero attached hydrogens (tertiary/aromatic N) is 3. The molecule has 0 aliphatic carbocycles. The van der Waals surface area contributed by atoms with Crippen LogP contribution in [0.4, 0.5) is 5.69 Å². The highest BCUT2D eigenvalue weighted by atomic mass is 16.2. The van der Waals surface area contributed by atoms with Crippen LogP contribution in [-0.2, 0) is 6.42 Å². The molecule has 0 unspecified atom stereocenters. The summed E-state index contributed by atoms with van der Waals surface area (Å²) in [6, 6.07) is 11.3. The summed E-state index contributed by atoms with van der Waals surface area (Å²) >= 11 is 0. The van der Waals surface area contributed by atoms with Gasteiger partial charge in [0.25, 0.3) is 11.8 Å². The van der Waals surface area contributed by atoms with Crippen LogP contribution in [0.2, 0.25) is 0 Å². The number of pyridine rings is 1. The van der Waals surface area contributed by atoms with Gasteiger partial charge in [0.05, 0.1) is 0 Å². The van der Waals surface area contributed by atoms with Crippen molar-refractivity contribution in [1.29, 1.82) is 0 Å². The van der Waals surface area contributed by atoms with Crippen molar-refractivity contribution in [1.82, 2.24) is 9.88 Å². The molecule has 26 heavy (non-hydrogen) atoms. The van der Waals surface area contributed by atoms with Gasteiger partial charge in [-0.05, 0) is 48.9 Å². The minimum atomic E-state index is -0.142. The second kappa shape index (κ2) is 6.90. The van der Waals surface area contributed by atoms with Crippen LogP contribution in [0.5, 0.6) is 0 Å². The van der Waals surface area contributed by atoms with Gasteiger partial charge in [0.2, 0.25) is 0 Å². The van der Waals surface area contributed by atoms with Crippen molar-refractivity contribution in [3.05, 3.63) is 59.4 Å². The van der Waals surface area contributed by atoms with Crippen LogP contribution < -0.4 is 4.90 Å².